The number of nitrogens with zero attached hydrogens (tertiary/aromatic N) is 1. The third kappa shape index (κ3) is 6.49. The molecule has 0 heterocycles. The van der Waals surface area contributed by atoms with Crippen molar-refractivity contribution in [1.29, 1.82) is 0 Å². The maximum absolute atomic E-state index is 12.2. The second-order valence-corrected chi connectivity index (χ2v) is 5.64. The van der Waals surface area contributed by atoms with Crippen molar-refractivity contribution < 1.29 is 4.79 Å². The standard InChI is InChI=1S/C17H27ClN2O/c1-4-20(5-2)11-7-8-14(3)19-17(21)16-10-6-9-15(12-16)13-18/h6,9-10,12,14H,4-5,7-8,11,13H2,1-3H3,(H,19,21). The van der Waals surface area contributed by atoms with Crippen LogP contribution < -0.4 is 5.32 Å². The van der Waals surface area contributed by atoms with E-state index in [1.165, 1.54) is 0 Å². The molecule has 1 unspecified atom stereocenters. The minimum Gasteiger partial charge on any atom is -0.350 e. The highest BCUT2D eigenvalue weighted by Crippen LogP contribution is 2.08. The fourth-order valence-electron chi connectivity index (χ4n) is 2.34. The first kappa shape index (κ1) is 18.0. The lowest BCUT2D eigenvalue weighted by atomic mass is 10.1. The molecule has 1 N–H and O–H groups in total. The van der Waals surface area contributed by atoms with Gasteiger partial charge in [0.25, 0.3) is 5.91 Å². The SMILES string of the molecule is CCN(CC)CCCC(C)NC(=O)c1cccc(CCl)c1. The Bertz CT molecular complexity index is 433. The van der Waals surface area contributed by atoms with E-state index >= 15 is 0 Å². The summed E-state index contributed by atoms with van der Waals surface area (Å²) in [5.74, 6) is 0.415. The van der Waals surface area contributed by atoms with E-state index in [-0.39, 0.29) is 11.9 Å². The van der Waals surface area contributed by atoms with Crippen LogP contribution >= 0.6 is 11.6 Å². The molecule has 0 bridgehead atoms. The van der Waals surface area contributed by atoms with Crippen LogP contribution in [0.4, 0.5) is 0 Å². The zero-order valence-electron chi connectivity index (χ0n) is 13.4. The number of hydrogen-bond donors (Lipinski definition) is 1. The molecule has 1 amide bonds. The van der Waals surface area contributed by atoms with Crippen molar-refractivity contribution in [3.63, 3.8) is 0 Å². The third-order valence-corrected chi connectivity index (χ3v) is 4.04. The van der Waals surface area contributed by atoms with E-state index in [0.717, 1.165) is 38.0 Å². The van der Waals surface area contributed by atoms with Crippen LogP contribution in [0, 0.1) is 0 Å². The quantitative estimate of drug-likeness (QED) is 0.706. The van der Waals surface area contributed by atoms with E-state index in [4.69, 9.17) is 11.6 Å². The van der Waals surface area contributed by atoms with Crippen molar-refractivity contribution in [2.75, 3.05) is 19.6 Å². The molecule has 0 aromatic heterocycles. The Morgan fingerprint density at radius 1 is 1.33 bits per heavy atom. The average molecular weight is 311 g/mol. The molecule has 3 nitrogen and oxygen atoms in total. The zero-order valence-corrected chi connectivity index (χ0v) is 14.1. The zero-order chi connectivity index (χ0) is 15.7. The van der Waals surface area contributed by atoms with Gasteiger partial charge in [-0.25, -0.2) is 0 Å². The van der Waals surface area contributed by atoms with E-state index in [2.05, 4.69) is 31.0 Å². The summed E-state index contributed by atoms with van der Waals surface area (Å²) < 4.78 is 0. The van der Waals surface area contributed by atoms with Crippen LogP contribution in [0.2, 0.25) is 0 Å². The number of amides is 1. The predicted octanol–water partition coefficient (Wildman–Crippen LogP) is 3.67. The van der Waals surface area contributed by atoms with Gasteiger partial charge < -0.3 is 10.2 Å². The van der Waals surface area contributed by atoms with E-state index in [1.807, 2.05) is 24.3 Å². The number of alkyl halides is 1. The molecular formula is C17H27ClN2O. The summed E-state index contributed by atoms with van der Waals surface area (Å²) >= 11 is 5.80. The Morgan fingerprint density at radius 3 is 2.67 bits per heavy atom. The second-order valence-electron chi connectivity index (χ2n) is 5.38. The highest BCUT2D eigenvalue weighted by molar-refractivity contribution is 6.17. The van der Waals surface area contributed by atoms with Crippen molar-refractivity contribution in [3.8, 4) is 0 Å². The van der Waals surface area contributed by atoms with Gasteiger partial charge in [0.15, 0.2) is 0 Å². The van der Waals surface area contributed by atoms with Crippen LogP contribution in [0.3, 0.4) is 0 Å². The fraction of sp³-hybridized carbons (Fsp3) is 0.588. The number of benzene rings is 1. The van der Waals surface area contributed by atoms with Gasteiger partial charge in [0.2, 0.25) is 0 Å². The maximum Gasteiger partial charge on any atom is 0.251 e. The van der Waals surface area contributed by atoms with Gasteiger partial charge in [0, 0.05) is 17.5 Å². The highest BCUT2D eigenvalue weighted by atomic mass is 35.5. The Morgan fingerprint density at radius 2 is 2.05 bits per heavy atom. The van der Waals surface area contributed by atoms with Gasteiger partial charge in [-0.05, 0) is 57.1 Å². The maximum atomic E-state index is 12.2. The minimum atomic E-state index is -0.0164. The fourth-order valence-corrected chi connectivity index (χ4v) is 2.50. The van der Waals surface area contributed by atoms with Crippen molar-refractivity contribution >= 4 is 17.5 Å². The number of hydrogen-bond acceptors (Lipinski definition) is 2. The van der Waals surface area contributed by atoms with Gasteiger partial charge in [0.1, 0.15) is 0 Å². The largest absolute Gasteiger partial charge is 0.350 e. The lowest BCUT2D eigenvalue weighted by Gasteiger charge is -2.19. The van der Waals surface area contributed by atoms with Gasteiger partial charge in [-0.15, -0.1) is 11.6 Å². The van der Waals surface area contributed by atoms with Crippen LogP contribution in [-0.4, -0.2) is 36.5 Å². The van der Waals surface area contributed by atoms with Crippen LogP contribution in [0.15, 0.2) is 24.3 Å². The molecular weight excluding hydrogens is 284 g/mol. The van der Waals surface area contributed by atoms with E-state index < -0.39 is 0 Å². The normalized spacial score (nSPS) is 12.4. The molecule has 1 aromatic rings. The van der Waals surface area contributed by atoms with Gasteiger partial charge in [-0.1, -0.05) is 26.0 Å². The van der Waals surface area contributed by atoms with E-state index in [9.17, 15) is 4.79 Å². The molecule has 0 aliphatic heterocycles. The molecule has 0 saturated carbocycles. The number of carbonyl (C=O) groups is 1. The topological polar surface area (TPSA) is 32.3 Å². The van der Waals surface area contributed by atoms with E-state index in [0.29, 0.717) is 11.4 Å². The summed E-state index contributed by atoms with van der Waals surface area (Å²) in [6, 6.07) is 7.67. The molecule has 0 aliphatic rings. The lowest BCUT2D eigenvalue weighted by Crippen LogP contribution is -2.33. The molecule has 0 aliphatic carbocycles. The summed E-state index contributed by atoms with van der Waals surface area (Å²) in [5.41, 5.74) is 1.65. The molecule has 0 spiro atoms. The van der Waals surface area contributed by atoms with Gasteiger partial charge in [0.05, 0.1) is 0 Å². The summed E-state index contributed by atoms with van der Waals surface area (Å²) in [6.45, 7) is 9.68. The van der Waals surface area contributed by atoms with Crippen LogP contribution in [0.5, 0.6) is 0 Å². The molecule has 1 rings (SSSR count). The van der Waals surface area contributed by atoms with Crippen molar-refractivity contribution in [1.82, 2.24) is 10.2 Å². The van der Waals surface area contributed by atoms with Gasteiger partial charge in [-0.3, -0.25) is 4.79 Å². The van der Waals surface area contributed by atoms with Crippen LogP contribution in [-0.2, 0) is 5.88 Å². The first-order chi connectivity index (χ1) is 10.1. The monoisotopic (exact) mass is 310 g/mol. The molecule has 0 radical (unpaired) electrons. The summed E-state index contributed by atoms with van der Waals surface area (Å²) in [4.78, 5) is 14.6. The second kappa shape index (κ2) is 9.80. The predicted molar refractivity (Wildman–Crippen MR) is 89.9 cm³/mol. The smallest absolute Gasteiger partial charge is 0.251 e. The van der Waals surface area contributed by atoms with Crippen molar-refractivity contribution in [3.05, 3.63) is 35.4 Å². The number of nitrogens with one attached hydrogen (secondary N) is 1. The van der Waals surface area contributed by atoms with Gasteiger partial charge >= 0.3 is 0 Å². The summed E-state index contributed by atoms with van der Waals surface area (Å²) in [5, 5.41) is 3.06. The van der Waals surface area contributed by atoms with Crippen LogP contribution in [0.25, 0.3) is 0 Å². The summed E-state index contributed by atoms with van der Waals surface area (Å²) in [6.07, 6.45) is 2.10. The highest BCUT2D eigenvalue weighted by Gasteiger charge is 2.10. The Labute approximate surface area is 133 Å². The molecule has 0 saturated heterocycles. The molecule has 21 heavy (non-hydrogen) atoms. The summed E-state index contributed by atoms with van der Waals surface area (Å²) in [7, 11) is 0. The number of rotatable bonds is 9. The number of halogens is 1. The minimum absolute atomic E-state index is 0.0164. The van der Waals surface area contributed by atoms with Gasteiger partial charge in [-0.2, -0.15) is 0 Å². The lowest BCUT2D eigenvalue weighted by molar-refractivity contribution is 0.0937. The molecule has 1 aromatic carbocycles. The molecule has 1 atom stereocenters. The van der Waals surface area contributed by atoms with Crippen LogP contribution in [0.1, 0.15) is 49.5 Å². The Hall–Kier alpha value is -1.06. The van der Waals surface area contributed by atoms with E-state index in [1.54, 1.807) is 0 Å². The molecule has 118 valence electrons. The molecule has 4 heteroatoms. The third-order valence-electron chi connectivity index (χ3n) is 3.73. The van der Waals surface area contributed by atoms with Crippen molar-refractivity contribution in [2.24, 2.45) is 0 Å². The van der Waals surface area contributed by atoms with Crippen molar-refractivity contribution in [2.45, 2.75) is 45.5 Å². The Kier molecular flexibility index (Phi) is 8.40. The molecule has 0 fully saturated rings. The number of carbonyl (C=O) groups excluding carboxylic acids is 1. The first-order valence-corrected chi connectivity index (χ1v) is 8.32. The first-order valence-electron chi connectivity index (χ1n) is 7.78. The average Bonchev–Trinajstić information content (AvgIpc) is 2.51. The Balaban J connectivity index is 2.39.